The zero-order valence-corrected chi connectivity index (χ0v) is 11.6. The van der Waals surface area contributed by atoms with E-state index in [2.05, 4.69) is 11.4 Å². The first-order valence-corrected chi connectivity index (χ1v) is 7.13. The van der Waals surface area contributed by atoms with Crippen LogP contribution < -0.4 is 4.57 Å². The van der Waals surface area contributed by atoms with Crippen LogP contribution in [0.4, 0.5) is 0 Å². The fourth-order valence-corrected chi connectivity index (χ4v) is 2.83. The molecule has 0 unspecified atom stereocenters. The summed E-state index contributed by atoms with van der Waals surface area (Å²) >= 11 is 7.51. The van der Waals surface area contributed by atoms with Crippen molar-refractivity contribution in [1.29, 1.82) is 0 Å². The van der Waals surface area contributed by atoms with Crippen molar-refractivity contribution in [3.63, 3.8) is 0 Å². The van der Waals surface area contributed by atoms with Crippen LogP contribution in [0.25, 0.3) is 10.1 Å². The quantitative estimate of drug-likeness (QED) is 0.531. The Labute approximate surface area is 119 Å². The van der Waals surface area contributed by atoms with Gasteiger partial charge in [0.25, 0.3) is 0 Å². The van der Waals surface area contributed by atoms with Crippen molar-refractivity contribution in [2.24, 2.45) is 0 Å². The number of Topliss-reactive ketones (excluding diaryl/α,β-unsaturated/α-hetero) is 1. The first-order chi connectivity index (χ1) is 9.22. The van der Waals surface area contributed by atoms with Gasteiger partial charge in [0.2, 0.25) is 12.3 Å². The average molecular weight is 289 g/mol. The molecule has 0 saturated heterocycles. The minimum absolute atomic E-state index is 0.0799. The summed E-state index contributed by atoms with van der Waals surface area (Å²) in [5, 5.41) is 3.86. The lowest BCUT2D eigenvalue weighted by Gasteiger charge is -1.99. The molecule has 0 aliphatic heterocycles. The van der Waals surface area contributed by atoms with E-state index in [1.807, 2.05) is 23.0 Å². The predicted molar refractivity (Wildman–Crippen MR) is 77.8 cm³/mol. The summed E-state index contributed by atoms with van der Waals surface area (Å²) in [6.07, 6.45) is 3.94. The Morgan fingerprint density at radius 2 is 1.95 bits per heavy atom. The molecule has 1 aromatic carbocycles. The Morgan fingerprint density at radius 3 is 2.74 bits per heavy atom. The number of nitrogens with zero attached hydrogens (tertiary/aromatic N) is 1. The summed E-state index contributed by atoms with van der Waals surface area (Å²) in [6.45, 7) is 0.341. The molecule has 94 valence electrons. The average Bonchev–Trinajstić information content (AvgIpc) is 2.87. The number of thiophene rings is 1. The molecule has 3 aromatic rings. The Balaban J connectivity index is 1.83. The molecule has 0 spiro atoms. The molecule has 2 aromatic heterocycles. The van der Waals surface area contributed by atoms with Crippen molar-refractivity contribution in [2.75, 3.05) is 0 Å². The normalized spacial score (nSPS) is 10.8. The zero-order chi connectivity index (χ0) is 13.2. The number of rotatable bonds is 3. The van der Waals surface area contributed by atoms with Crippen LogP contribution in [0.5, 0.6) is 0 Å². The van der Waals surface area contributed by atoms with Gasteiger partial charge < -0.3 is 0 Å². The third kappa shape index (κ3) is 2.67. The monoisotopic (exact) mass is 288 g/mol. The third-order valence-corrected chi connectivity index (χ3v) is 4.09. The molecule has 0 N–H and O–H groups in total. The second kappa shape index (κ2) is 5.11. The van der Waals surface area contributed by atoms with E-state index in [9.17, 15) is 4.79 Å². The number of benzene rings is 1. The number of aromatic nitrogens is 1. The van der Waals surface area contributed by atoms with Gasteiger partial charge in [0.1, 0.15) is 0 Å². The lowest BCUT2D eigenvalue weighted by Crippen LogP contribution is -2.36. The maximum atomic E-state index is 12.1. The number of halogens is 1. The van der Waals surface area contributed by atoms with Gasteiger partial charge in [0, 0.05) is 21.4 Å². The van der Waals surface area contributed by atoms with E-state index in [0.717, 1.165) is 5.39 Å². The number of pyridine rings is 1. The molecule has 2 heterocycles. The minimum atomic E-state index is 0.0799. The SMILES string of the molecule is O=C(C[n+]1ccc2sccc2c1)c1ccc(Cl)cc1. The van der Waals surface area contributed by atoms with E-state index in [4.69, 9.17) is 11.6 Å². The maximum absolute atomic E-state index is 12.1. The molecule has 0 amide bonds. The van der Waals surface area contributed by atoms with Crippen molar-refractivity contribution in [1.82, 2.24) is 0 Å². The van der Waals surface area contributed by atoms with Crippen LogP contribution >= 0.6 is 22.9 Å². The van der Waals surface area contributed by atoms with Gasteiger partial charge in [0.05, 0.1) is 5.39 Å². The fourth-order valence-electron chi connectivity index (χ4n) is 1.95. The number of ketones is 1. The topological polar surface area (TPSA) is 20.9 Å². The van der Waals surface area contributed by atoms with Gasteiger partial charge in [-0.05, 0) is 35.7 Å². The van der Waals surface area contributed by atoms with Crippen molar-refractivity contribution < 1.29 is 9.36 Å². The molecule has 0 aliphatic rings. The van der Waals surface area contributed by atoms with Gasteiger partial charge in [-0.1, -0.05) is 11.6 Å². The molecule has 2 nitrogen and oxygen atoms in total. The zero-order valence-electron chi connectivity index (χ0n) is 10.0. The van der Waals surface area contributed by atoms with Crippen molar-refractivity contribution in [3.05, 3.63) is 64.8 Å². The fraction of sp³-hybridized carbons (Fsp3) is 0.0667. The van der Waals surface area contributed by atoms with Gasteiger partial charge in [-0.15, -0.1) is 11.3 Å². The third-order valence-electron chi connectivity index (χ3n) is 2.94. The summed E-state index contributed by atoms with van der Waals surface area (Å²) in [5.74, 6) is 0.0799. The summed E-state index contributed by atoms with van der Waals surface area (Å²) in [7, 11) is 0. The molecular formula is C15H11ClNOS+. The van der Waals surface area contributed by atoms with Crippen LogP contribution in [0.15, 0.2) is 54.2 Å². The Kier molecular flexibility index (Phi) is 3.32. The van der Waals surface area contributed by atoms with E-state index in [-0.39, 0.29) is 5.78 Å². The summed E-state index contributed by atoms with van der Waals surface area (Å²) in [5.41, 5.74) is 0.683. The van der Waals surface area contributed by atoms with Crippen LogP contribution in [0.3, 0.4) is 0 Å². The number of fused-ring (bicyclic) bond motifs is 1. The molecule has 0 saturated carbocycles. The van der Waals surface area contributed by atoms with Gasteiger partial charge in [0.15, 0.2) is 12.4 Å². The maximum Gasteiger partial charge on any atom is 0.227 e. The Bertz CT molecular complexity index is 733. The molecule has 0 radical (unpaired) electrons. The molecule has 0 atom stereocenters. The molecular weight excluding hydrogens is 278 g/mol. The second-order valence-electron chi connectivity index (χ2n) is 4.29. The van der Waals surface area contributed by atoms with Gasteiger partial charge in [-0.25, -0.2) is 0 Å². The summed E-state index contributed by atoms with van der Waals surface area (Å²) in [6, 6.07) is 11.1. The van der Waals surface area contributed by atoms with E-state index in [1.165, 1.54) is 4.70 Å². The smallest absolute Gasteiger partial charge is 0.227 e. The largest absolute Gasteiger partial charge is 0.287 e. The minimum Gasteiger partial charge on any atom is -0.287 e. The van der Waals surface area contributed by atoms with Crippen LogP contribution in [-0.2, 0) is 6.54 Å². The van der Waals surface area contributed by atoms with Gasteiger partial charge in [-0.3, -0.25) is 4.79 Å². The van der Waals surface area contributed by atoms with Crippen molar-refractivity contribution in [2.45, 2.75) is 6.54 Å². The van der Waals surface area contributed by atoms with Gasteiger partial charge in [-0.2, -0.15) is 4.57 Å². The van der Waals surface area contributed by atoms with E-state index in [0.29, 0.717) is 17.1 Å². The van der Waals surface area contributed by atoms with Crippen LogP contribution in [0.1, 0.15) is 10.4 Å². The molecule has 3 rings (SSSR count). The van der Waals surface area contributed by atoms with Crippen molar-refractivity contribution >= 4 is 38.8 Å². The molecule has 4 heteroatoms. The molecule has 0 fully saturated rings. The number of hydrogen-bond acceptors (Lipinski definition) is 2. The molecule has 0 aliphatic carbocycles. The van der Waals surface area contributed by atoms with Gasteiger partial charge >= 0.3 is 0 Å². The number of carbonyl (C=O) groups is 1. The number of hydrogen-bond donors (Lipinski definition) is 0. The van der Waals surface area contributed by atoms with Crippen molar-refractivity contribution in [3.8, 4) is 0 Å². The highest BCUT2D eigenvalue weighted by Gasteiger charge is 2.12. The van der Waals surface area contributed by atoms with Crippen LogP contribution in [0.2, 0.25) is 5.02 Å². The van der Waals surface area contributed by atoms with E-state index < -0.39 is 0 Å². The Hall–Kier alpha value is -1.71. The summed E-state index contributed by atoms with van der Waals surface area (Å²) < 4.78 is 3.14. The highest BCUT2D eigenvalue weighted by molar-refractivity contribution is 7.17. The molecule has 19 heavy (non-hydrogen) atoms. The second-order valence-corrected chi connectivity index (χ2v) is 5.67. The Morgan fingerprint density at radius 1 is 1.16 bits per heavy atom. The highest BCUT2D eigenvalue weighted by Crippen LogP contribution is 2.17. The summed E-state index contributed by atoms with van der Waals surface area (Å²) in [4.78, 5) is 12.1. The number of carbonyl (C=O) groups excluding carboxylic acids is 1. The molecule has 0 bridgehead atoms. The van der Waals surface area contributed by atoms with E-state index in [1.54, 1.807) is 35.6 Å². The first kappa shape index (κ1) is 12.3. The van der Waals surface area contributed by atoms with Crippen LogP contribution in [-0.4, -0.2) is 5.78 Å². The standard InChI is InChI=1S/C15H11ClNOS/c16-13-3-1-11(2-4-13)14(18)10-17-7-5-15-12(9-17)6-8-19-15/h1-9H,10H2/q+1. The van der Waals surface area contributed by atoms with Crippen LogP contribution in [0, 0.1) is 0 Å². The first-order valence-electron chi connectivity index (χ1n) is 5.87. The highest BCUT2D eigenvalue weighted by atomic mass is 35.5. The lowest BCUT2D eigenvalue weighted by atomic mass is 10.1. The lowest BCUT2D eigenvalue weighted by molar-refractivity contribution is -0.681. The predicted octanol–water partition coefficient (Wildman–Crippen LogP) is 3.73. The van der Waals surface area contributed by atoms with E-state index >= 15 is 0 Å².